The molecular formula is C18H17F2N3O5S. The molecule has 8 nitrogen and oxygen atoms in total. The van der Waals surface area contributed by atoms with Crippen LogP contribution in [-0.2, 0) is 14.6 Å². The molecule has 2 rings (SSSR count). The molecule has 0 fully saturated rings. The minimum Gasteiger partial charge on any atom is -0.370 e. The van der Waals surface area contributed by atoms with E-state index in [1.807, 2.05) is 0 Å². The van der Waals surface area contributed by atoms with Crippen LogP contribution in [0.15, 0.2) is 53.4 Å². The number of anilines is 1. The van der Waals surface area contributed by atoms with Crippen LogP contribution in [0.4, 0.5) is 14.5 Å². The number of benzene rings is 2. The third-order valence-electron chi connectivity index (χ3n) is 3.76. The summed E-state index contributed by atoms with van der Waals surface area (Å²) in [5.41, 5.74) is 5.30. The molecule has 0 unspecified atom stereocenters. The molecule has 0 aromatic heterocycles. The van der Waals surface area contributed by atoms with Crippen molar-refractivity contribution in [2.24, 2.45) is 5.73 Å². The number of hydrogen-bond donors (Lipinski definition) is 3. The van der Waals surface area contributed by atoms with Gasteiger partial charge >= 0.3 is 5.76 Å². The quantitative estimate of drug-likeness (QED) is 0.590. The Kier molecular flexibility index (Phi) is 6.99. The minimum absolute atomic E-state index is 0.00200. The van der Waals surface area contributed by atoms with E-state index in [9.17, 15) is 31.6 Å². The normalized spacial score (nSPS) is 11.1. The summed E-state index contributed by atoms with van der Waals surface area (Å²) in [5.74, 6) is -5.37. The largest absolute Gasteiger partial charge is 0.370 e. The van der Waals surface area contributed by atoms with E-state index in [-0.39, 0.29) is 29.8 Å². The number of sulfone groups is 1. The van der Waals surface area contributed by atoms with Crippen LogP contribution in [0, 0.1) is 0 Å². The number of primary amides is 1. The number of hydrogen-bond acceptors (Lipinski definition) is 5. The van der Waals surface area contributed by atoms with Crippen LogP contribution in [0.3, 0.4) is 0 Å². The average Bonchev–Trinajstić information content (AvgIpc) is 2.68. The van der Waals surface area contributed by atoms with Gasteiger partial charge in [-0.2, -0.15) is 8.78 Å². The first-order chi connectivity index (χ1) is 13.6. The Hall–Kier alpha value is -3.34. The molecule has 0 heterocycles. The molecule has 29 heavy (non-hydrogen) atoms. The second-order valence-corrected chi connectivity index (χ2v) is 7.72. The fraction of sp³-hybridized carbons (Fsp3) is 0.167. The molecule has 2 aromatic carbocycles. The van der Waals surface area contributed by atoms with Crippen molar-refractivity contribution >= 4 is 33.2 Å². The summed E-state index contributed by atoms with van der Waals surface area (Å²) in [6.45, 7) is 0.0243. The van der Waals surface area contributed by atoms with Crippen LogP contribution in [-0.4, -0.2) is 38.4 Å². The van der Waals surface area contributed by atoms with Gasteiger partial charge in [-0.1, -0.05) is 12.1 Å². The van der Waals surface area contributed by atoms with Crippen LogP contribution in [0.5, 0.6) is 0 Å². The van der Waals surface area contributed by atoms with Crippen molar-refractivity contribution in [1.29, 1.82) is 0 Å². The van der Waals surface area contributed by atoms with Gasteiger partial charge in [0.15, 0.2) is 0 Å². The maximum Gasteiger partial charge on any atom is 0.341 e. The fourth-order valence-corrected chi connectivity index (χ4v) is 3.00. The first-order valence-electron chi connectivity index (χ1n) is 8.22. The molecule has 3 amide bonds. The number of carbonyl (C=O) groups is 3. The van der Waals surface area contributed by atoms with Crippen molar-refractivity contribution in [3.05, 3.63) is 59.7 Å². The van der Waals surface area contributed by atoms with Crippen LogP contribution in [0.1, 0.15) is 27.1 Å². The van der Waals surface area contributed by atoms with Crippen molar-refractivity contribution < 1.29 is 31.6 Å². The zero-order valence-corrected chi connectivity index (χ0v) is 15.7. The Balaban J connectivity index is 2.15. The first kappa shape index (κ1) is 22.0. The lowest BCUT2D eigenvalue weighted by Gasteiger charge is -2.11. The number of rotatable bonds is 8. The summed E-state index contributed by atoms with van der Waals surface area (Å²) >= 11 is 0. The summed E-state index contributed by atoms with van der Waals surface area (Å²) in [5, 5.41) is 4.99. The molecule has 2 aromatic rings. The predicted molar refractivity (Wildman–Crippen MR) is 100 cm³/mol. The Morgan fingerprint density at radius 2 is 1.59 bits per heavy atom. The molecule has 11 heteroatoms. The molecule has 154 valence electrons. The van der Waals surface area contributed by atoms with E-state index in [1.165, 1.54) is 12.1 Å². The molecular weight excluding hydrogens is 408 g/mol. The highest BCUT2D eigenvalue weighted by molar-refractivity contribution is 7.91. The average molecular weight is 425 g/mol. The van der Waals surface area contributed by atoms with E-state index in [4.69, 9.17) is 5.73 Å². The highest BCUT2D eigenvalue weighted by atomic mass is 32.2. The molecule has 0 bridgehead atoms. The van der Waals surface area contributed by atoms with Gasteiger partial charge in [0.1, 0.15) is 0 Å². The van der Waals surface area contributed by atoms with Gasteiger partial charge in [-0.05, 0) is 36.4 Å². The highest BCUT2D eigenvalue weighted by Gasteiger charge is 2.26. The lowest BCUT2D eigenvalue weighted by atomic mass is 10.1. The lowest BCUT2D eigenvalue weighted by Crippen LogP contribution is -2.28. The molecule has 0 spiro atoms. The Bertz CT molecular complexity index is 1020. The predicted octanol–water partition coefficient (Wildman–Crippen LogP) is 1.54. The van der Waals surface area contributed by atoms with Gasteiger partial charge < -0.3 is 16.4 Å². The maximum absolute atomic E-state index is 12.6. The zero-order chi connectivity index (χ0) is 21.6. The molecule has 0 atom stereocenters. The van der Waals surface area contributed by atoms with Gasteiger partial charge in [0.05, 0.1) is 16.1 Å². The first-order valence-corrected chi connectivity index (χ1v) is 9.76. The van der Waals surface area contributed by atoms with E-state index in [0.29, 0.717) is 0 Å². The molecule has 0 aliphatic rings. The van der Waals surface area contributed by atoms with Crippen molar-refractivity contribution in [1.82, 2.24) is 5.32 Å². The smallest absolute Gasteiger partial charge is 0.341 e. The number of amides is 3. The van der Waals surface area contributed by atoms with Crippen molar-refractivity contribution in [3.8, 4) is 0 Å². The van der Waals surface area contributed by atoms with Crippen LogP contribution < -0.4 is 16.4 Å². The molecule has 0 saturated carbocycles. The van der Waals surface area contributed by atoms with Gasteiger partial charge in [-0.3, -0.25) is 14.4 Å². The van der Waals surface area contributed by atoms with Gasteiger partial charge in [0.2, 0.25) is 15.7 Å². The maximum atomic E-state index is 12.6. The van der Waals surface area contributed by atoms with E-state index in [2.05, 4.69) is 10.6 Å². The lowest BCUT2D eigenvalue weighted by molar-refractivity contribution is -0.117. The number of alkyl halides is 2. The van der Waals surface area contributed by atoms with Gasteiger partial charge in [0, 0.05) is 18.5 Å². The highest BCUT2D eigenvalue weighted by Crippen LogP contribution is 2.20. The van der Waals surface area contributed by atoms with E-state index >= 15 is 0 Å². The number of para-hydroxylation sites is 1. The third-order valence-corrected chi connectivity index (χ3v) is 5.15. The minimum atomic E-state index is -4.76. The second-order valence-electron chi connectivity index (χ2n) is 5.80. The second kappa shape index (κ2) is 9.24. The van der Waals surface area contributed by atoms with Crippen LogP contribution >= 0.6 is 0 Å². The van der Waals surface area contributed by atoms with Crippen molar-refractivity contribution in [2.75, 3.05) is 11.9 Å². The summed E-state index contributed by atoms with van der Waals surface area (Å²) in [6.07, 6.45) is -0.0475. The summed E-state index contributed by atoms with van der Waals surface area (Å²) in [4.78, 5) is 34.7. The Morgan fingerprint density at radius 1 is 0.966 bits per heavy atom. The van der Waals surface area contributed by atoms with Gasteiger partial charge in [0.25, 0.3) is 11.8 Å². The van der Waals surface area contributed by atoms with Crippen LogP contribution in [0.25, 0.3) is 0 Å². The number of halogens is 2. The number of nitrogens with one attached hydrogen (secondary N) is 2. The topological polar surface area (TPSA) is 135 Å². The summed E-state index contributed by atoms with van der Waals surface area (Å²) in [6, 6.07) is 10.0. The molecule has 0 radical (unpaired) electrons. The Morgan fingerprint density at radius 3 is 2.17 bits per heavy atom. The Labute approximate surface area is 165 Å². The number of nitrogens with two attached hydrogens (primary N) is 1. The van der Waals surface area contributed by atoms with E-state index in [1.54, 1.807) is 12.1 Å². The van der Waals surface area contributed by atoms with Gasteiger partial charge in [-0.15, -0.1) is 0 Å². The molecule has 4 N–H and O–H groups in total. The fourth-order valence-electron chi connectivity index (χ4n) is 2.28. The monoisotopic (exact) mass is 425 g/mol. The summed E-state index contributed by atoms with van der Waals surface area (Å²) in [7, 11) is -4.76. The molecule has 0 aliphatic heterocycles. The van der Waals surface area contributed by atoms with Crippen LogP contribution in [0.2, 0.25) is 0 Å². The number of carbonyl (C=O) groups excluding carboxylic acids is 3. The van der Waals surface area contributed by atoms with E-state index in [0.717, 1.165) is 24.3 Å². The SMILES string of the molecule is NC(=O)CCNC(=O)c1ccccc1NC(=O)c1ccc(S(=O)(=O)C(F)F)cc1. The molecule has 0 saturated heterocycles. The van der Waals surface area contributed by atoms with Crippen molar-refractivity contribution in [2.45, 2.75) is 17.1 Å². The standard InChI is InChI=1S/C18H17F2N3O5S/c19-18(20)29(27,28)12-7-5-11(6-8-12)16(25)23-14-4-2-1-3-13(14)17(26)22-10-9-15(21)24/h1-8,18H,9-10H2,(H2,21,24)(H,22,26)(H,23,25). The van der Waals surface area contributed by atoms with Gasteiger partial charge in [-0.25, -0.2) is 8.42 Å². The zero-order valence-electron chi connectivity index (χ0n) is 14.9. The van der Waals surface area contributed by atoms with E-state index < -0.39 is 38.2 Å². The summed E-state index contributed by atoms with van der Waals surface area (Å²) < 4.78 is 48.0. The van der Waals surface area contributed by atoms with Crippen molar-refractivity contribution in [3.63, 3.8) is 0 Å². The molecule has 0 aliphatic carbocycles. The third kappa shape index (κ3) is 5.57.